The highest BCUT2D eigenvalue weighted by Crippen LogP contribution is 2.28. The zero-order valence-corrected chi connectivity index (χ0v) is 9.28. The second kappa shape index (κ2) is 3.90. The van der Waals surface area contributed by atoms with E-state index in [1.807, 2.05) is 37.2 Å². The van der Waals surface area contributed by atoms with E-state index in [0.29, 0.717) is 10.8 Å². The van der Waals surface area contributed by atoms with Crippen LogP contribution in [0.1, 0.15) is 0 Å². The van der Waals surface area contributed by atoms with Crippen molar-refractivity contribution in [1.29, 1.82) is 0 Å². The lowest BCUT2D eigenvalue weighted by Crippen LogP contribution is -2.08. The molecule has 1 aromatic heterocycles. The van der Waals surface area contributed by atoms with Crippen molar-refractivity contribution in [2.75, 3.05) is 19.0 Å². The second-order valence-electron chi connectivity index (χ2n) is 3.39. The van der Waals surface area contributed by atoms with Gasteiger partial charge in [0.2, 0.25) is 0 Å². The van der Waals surface area contributed by atoms with Crippen molar-refractivity contribution in [3.8, 4) is 11.4 Å². The van der Waals surface area contributed by atoms with Gasteiger partial charge in [0.25, 0.3) is 0 Å². The van der Waals surface area contributed by atoms with Crippen LogP contribution < -0.4 is 4.90 Å². The Hall–Kier alpha value is -1.55. The van der Waals surface area contributed by atoms with E-state index >= 15 is 0 Å². The maximum absolute atomic E-state index is 6.09. The number of benzene rings is 1. The number of H-pyrrole nitrogens is 1. The topological polar surface area (TPSA) is 44.8 Å². The Morgan fingerprint density at radius 1 is 1.33 bits per heavy atom. The van der Waals surface area contributed by atoms with Gasteiger partial charge in [-0.1, -0.05) is 11.6 Å². The monoisotopic (exact) mass is 222 g/mol. The van der Waals surface area contributed by atoms with Crippen molar-refractivity contribution in [1.82, 2.24) is 15.2 Å². The number of nitrogens with zero attached hydrogens (tertiary/aromatic N) is 3. The molecule has 5 heteroatoms. The molecule has 1 N–H and O–H groups in total. The zero-order valence-electron chi connectivity index (χ0n) is 8.53. The van der Waals surface area contributed by atoms with Gasteiger partial charge < -0.3 is 4.90 Å². The Balaban J connectivity index is 2.51. The lowest BCUT2D eigenvalue weighted by molar-refractivity contribution is 1.09. The first-order chi connectivity index (χ1) is 7.18. The number of hydrogen-bond donors (Lipinski definition) is 1. The average Bonchev–Trinajstić information content (AvgIpc) is 2.71. The van der Waals surface area contributed by atoms with Crippen LogP contribution in [0.2, 0.25) is 5.02 Å². The molecule has 0 aliphatic heterocycles. The average molecular weight is 223 g/mol. The van der Waals surface area contributed by atoms with Gasteiger partial charge in [-0.05, 0) is 18.2 Å². The summed E-state index contributed by atoms with van der Waals surface area (Å²) in [4.78, 5) is 6.09. The molecule has 0 saturated heterocycles. The molecule has 15 heavy (non-hydrogen) atoms. The van der Waals surface area contributed by atoms with Gasteiger partial charge in [-0.3, -0.25) is 5.10 Å². The highest BCUT2D eigenvalue weighted by atomic mass is 35.5. The highest BCUT2D eigenvalue weighted by Gasteiger charge is 2.07. The fourth-order valence-corrected chi connectivity index (χ4v) is 1.52. The van der Waals surface area contributed by atoms with Crippen molar-refractivity contribution in [3.05, 3.63) is 29.5 Å². The van der Waals surface area contributed by atoms with Gasteiger partial charge >= 0.3 is 0 Å². The van der Waals surface area contributed by atoms with E-state index in [4.69, 9.17) is 11.6 Å². The Labute approximate surface area is 92.9 Å². The first-order valence-corrected chi connectivity index (χ1v) is 4.89. The summed E-state index contributed by atoms with van der Waals surface area (Å²) < 4.78 is 0. The van der Waals surface area contributed by atoms with Gasteiger partial charge in [-0.25, -0.2) is 4.98 Å². The Morgan fingerprint density at radius 2 is 2.13 bits per heavy atom. The fourth-order valence-electron chi connectivity index (χ4n) is 1.31. The third kappa shape index (κ3) is 1.94. The minimum Gasteiger partial charge on any atom is -0.378 e. The molecule has 4 nitrogen and oxygen atoms in total. The highest BCUT2D eigenvalue weighted by molar-refractivity contribution is 6.33. The molecule has 78 valence electrons. The lowest BCUT2D eigenvalue weighted by Gasteiger charge is -2.13. The molecule has 0 fully saturated rings. The number of aromatic amines is 1. The molecule has 2 rings (SSSR count). The molecule has 0 bridgehead atoms. The Morgan fingerprint density at radius 3 is 2.73 bits per heavy atom. The number of hydrogen-bond acceptors (Lipinski definition) is 3. The SMILES string of the molecule is CN(C)c1ccc(Cl)c(-c2ncn[nH]2)c1. The van der Waals surface area contributed by atoms with E-state index in [2.05, 4.69) is 15.2 Å². The fraction of sp³-hybridized carbons (Fsp3) is 0.200. The van der Waals surface area contributed by atoms with Crippen LogP contribution in [0, 0.1) is 0 Å². The number of aromatic nitrogens is 3. The van der Waals surface area contributed by atoms with Gasteiger partial charge in [0, 0.05) is 25.3 Å². The smallest absolute Gasteiger partial charge is 0.157 e. The van der Waals surface area contributed by atoms with Crippen LogP contribution in [0.4, 0.5) is 5.69 Å². The number of halogens is 1. The number of anilines is 1. The van der Waals surface area contributed by atoms with E-state index in [-0.39, 0.29) is 0 Å². The summed E-state index contributed by atoms with van der Waals surface area (Å²) in [5.74, 6) is 0.684. The van der Waals surface area contributed by atoms with Gasteiger partial charge in [-0.15, -0.1) is 0 Å². The first-order valence-electron chi connectivity index (χ1n) is 4.51. The summed E-state index contributed by atoms with van der Waals surface area (Å²) >= 11 is 6.09. The van der Waals surface area contributed by atoms with Crippen molar-refractivity contribution < 1.29 is 0 Å². The van der Waals surface area contributed by atoms with Crippen LogP contribution in [-0.2, 0) is 0 Å². The van der Waals surface area contributed by atoms with E-state index in [1.165, 1.54) is 6.33 Å². The number of nitrogens with one attached hydrogen (secondary N) is 1. The Bertz CT molecular complexity index is 450. The molecule has 0 saturated carbocycles. The summed E-state index contributed by atoms with van der Waals surface area (Å²) in [6.45, 7) is 0. The summed E-state index contributed by atoms with van der Waals surface area (Å²) in [5.41, 5.74) is 1.94. The molecule has 0 radical (unpaired) electrons. The van der Waals surface area contributed by atoms with Gasteiger partial charge in [0.05, 0.1) is 5.02 Å². The molecular formula is C10H11ClN4. The standard InChI is InChI=1S/C10H11ClN4/c1-15(2)7-3-4-9(11)8(5-7)10-12-6-13-14-10/h3-6H,1-2H3,(H,12,13,14). The number of rotatable bonds is 2. The molecular weight excluding hydrogens is 212 g/mol. The Kier molecular flexibility index (Phi) is 2.60. The van der Waals surface area contributed by atoms with Crippen LogP contribution in [0.25, 0.3) is 11.4 Å². The molecule has 1 heterocycles. The first kappa shape index (κ1) is 9.98. The van der Waals surface area contributed by atoms with Crippen LogP contribution in [0.3, 0.4) is 0 Å². The summed E-state index contributed by atoms with van der Waals surface area (Å²) in [7, 11) is 3.96. The van der Waals surface area contributed by atoms with Gasteiger partial charge in [0.1, 0.15) is 6.33 Å². The van der Waals surface area contributed by atoms with E-state index in [9.17, 15) is 0 Å². The van der Waals surface area contributed by atoms with E-state index in [1.54, 1.807) is 0 Å². The lowest BCUT2D eigenvalue weighted by atomic mass is 10.2. The summed E-state index contributed by atoms with van der Waals surface area (Å²) in [6, 6.07) is 5.79. The largest absolute Gasteiger partial charge is 0.378 e. The van der Waals surface area contributed by atoms with E-state index in [0.717, 1.165) is 11.3 Å². The molecule has 1 aromatic carbocycles. The predicted octanol–water partition coefficient (Wildman–Crippen LogP) is 2.19. The third-order valence-electron chi connectivity index (χ3n) is 2.14. The third-order valence-corrected chi connectivity index (χ3v) is 2.47. The van der Waals surface area contributed by atoms with Crippen LogP contribution >= 0.6 is 11.6 Å². The molecule has 0 unspecified atom stereocenters. The molecule has 0 amide bonds. The quantitative estimate of drug-likeness (QED) is 0.847. The van der Waals surface area contributed by atoms with Crippen LogP contribution in [0.15, 0.2) is 24.5 Å². The van der Waals surface area contributed by atoms with Crippen molar-refractivity contribution >= 4 is 17.3 Å². The molecule has 0 aliphatic rings. The minimum absolute atomic E-state index is 0.664. The van der Waals surface area contributed by atoms with Gasteiger partial charge in [-0.2, -0.15) is 5.10 Å². The maximum Gasteiger partial charge on any atom is 0.157 e. The zero-order chi connectivity index (χ0) is 10.8. The minimum atomic E-state index is 0.664. The molecule has 2 aromatic rings. The maximum atomic E-state index is 6.09. The second-order valence-corrected chi connectivity index (χ2v) is 3.80. The van der Waals surface area contributed by atoms with Gasteiger partial charge in [0.15, 0.2) is 5.82 Å². The summed E-state index contributed by atoms with van der Waals surface area (Å²) in [6.07, 6.45) is 1.47. The molecule has 0 spiro atoms. The van der Waals surface area contributed by atoms with Crippen molar-refractivity contribution in [3.63, 3.8) is 0 Å². The van der Waals surface area contributed by atoms with Crippen LogP contribution in [-0.4, -0.2) is 29.3 Å². The van der Waals surface area contributed by atoms with E-state index < -0.39 is 0 Å². The summed E-state index contributed by atoms with van der Waals surface area (Å²) in [5, 5.41) is 7.27. The normalized spacial score (nSPS) is 10.3. The predicted molar refractivity (Wildman–Crippen MR) is 61.2 cm³/mol. The van der Waals surface area contributed by atoms with Crippen molar-refractivity contribution in [2.45, 2.75) is 0 Å². The van der Waals surface area contributed by atoms with Crippen LogP contribution in [0.5, 0.6) is 0 Å². The molecule has 0 atom stereocenters. The van der Waals surface area contributed by atoms with Crippen molar-refractivity contribution in [2.24, 2.45) is 0 Å². The molecule has 0 aliphatic carbocycles.